The average Bonchev–Trinajstić information content (AvgIpc) is 2.55. The summed E-state index contributed by atoms with van der Waals surface area (Å²) in [5.74, 6) is -0.723. The van der Waals surface area contributed by atoms with E-state index < -0.39 is 5.97 Å². The van der Waals surface area contributed by atoms with E-state index in [4.69, 9.17) is 4.74 Å². The van der Waals surface area contributed by atoms with E-state index in [2.05, 4.69) is 21.2 Å². The number of carbonyl (C=O) groups excluding carboxylic acids is 2. The molecule has 0 bridgehead atoms. The fraction of sp³-hybridized carbons (Fsp3) is 0.263. The summed E-state index contributed by atoms with van der Waals surface area (Å²) in [5.41, 5.74) is 2.92. The van der Waals surface area contributed by atoms with Gasteiger partial charge in [0.15, 0.2) is 6.61 Å². The Hall–Kier alpha value is -2.14. The Kier molecular flexibility index (Phi) is 6.55. The molecule has 4 nitrogen and oxygen atoms in total. The van der Waals surface area contributed by atoms with Crippen molar-refractivity contribution in [2.45, 2.75) is 26.3 Å². The van der Waals surface area contributed by atoms with E-state index >= 15 is 0 Å². The maximum atomic E-state index is 11.9. The summed E-state index contributed by atoms with van der Waals surface area (Å²) in [7, 11) is 0. The van der Waals surface area contributed by atoms with Gasteiger partial charge >= 0.3 is 5.97 Å². The third-order valence-electron chi connectivity index (χ3n) is 3.71. The molecule has 0 aliphatic carbocycles. The first-order valence-electron chi connectivity index (χ1n) is 7.70. The molecule has 0 aliphatic rings. The van der Waals surface area contributed by atoms with Crippen molar-refractivity contribution in [3.05, 3.63) is 69.7 Å². The predicted molar refractivity (Wildman–Crippen MR) is 96.5 cm³/mol. The van der Waals surface area contributed by atoms with E-state index in [1.54, 1.807) is 0 Å². The van der Waals surface area contributed by atoms with Crippen LogP contribution in [-0.2, 0) is 20.7 Å². The van der Waals surface area contributed by atoms with Crippen molar-refractivity contribution in [1.29, 1.82) is 0 Å². The number of nitrogens with one attached hydrogen (secondary N) is 1. The van der Waals surface area contributed by atoms with Crippen molar-refractivity contribution in [2.75, 3.05) is 6.61 Å². The van der Waals surface area contributed by atoms with Crippen LogP contribution in [0.4, 0.5) is 0 Å². The highest BCUT2D eigenvalue weighted by Gasteiger charge is 2.13. The molecule has 0 fully saturated rings. The molecule has 0 unspecified atom stereocenters. The molecule has 0 heterocycles. The number of halogens is 1. The van der Waals surface area contributed by atoms with E-state index in [0.717, 1.165) is 21.2 Å². The minimum Gasteiger partial charge on any atom is -0.455 e. The fourth-order valence-corrected chi connectivity index (χ4v) is 2.54. The molecule has 0 saturated heterocycles. The molecule has 1 atom stereocenters. The van der Waals surface area contributed by atoms with Crippen molar-refractivity contribution in [1.82, 2.24) is 5.32 Å². The summed E-state index contributed by atoms with van der Waals surface area (Å²) < 4.78 is 6.04. The van der Waals surface area contributed by atoms with Crippen molar-refractivity contribution in [3.63, 3.8) is 0 Å². The van der Waals surface area contributed by atoms with Gasteiger partial charge in [0.05, 0.1) is 12.5 Å². The Balaban J connectivity index is 1.79. The summed E-state index contributed by atoms with van der Waals surface area (Å²) in [6.07, 6.45) is 0.169. The number of hydrogen-bond acceptors (Lipinski definition) is 3. The zero-order valence-corrected chi connectivity index (χ0v) is 15.3. The average molecular weight is 390 g/mol. The Morgan fingerprint density at radius 3 is 2.46 bits per heavy atom. The highest BCUT2D eigenvalue weighted by atomic mass is 79.9. The molecule has 0 saturated carbocycles. The first-order valence-corrected chi connectivity index (χ1v) is 8.50. The minimum absolute atomic E-state index is 0.152. The molecule has 0 aromatic heterocycles. The van der Waals surface area contributed by atoms with Gasteiger partial charge in [-0.15, -0.1) is 0 Å². The van der Waals surface area contributed by atoms with Gasteiger partial charge in [-0.2, -0.15) is 0 Å². The maximum Gasteiger partial charge on any atom is 0.310 e. The fourth-order valence-electron chi connectivity index (χ4n) is 2.28. The number of ether oxygens (including phenoxy) is 1. The summed E-state index contributed by atoms with van der Waals surface area (Å²) in [6.45, 7) is 3.55. The summed E-state index contributed by atoms with van der Waals surface area (Å²) in [5, 5.41) is 2.81. The predicted octanol–water partition coefficient (Wildman–Crippen LogP) is 3.72. The second-order valence-electron chi connectivity index (χ2n) is 5.60. The molecule has 5 heteroatoms. The number of esters is 1. The molecule has 2 rings (SSSR count). The van der Waals surface area contributed by atoms with Crippen LogP contribution in [0, 0.1) is 6.92 Å². The first-order chi connectivity index (χ1) is 11.5. The van der Waals surface area contributed by atoms with Gasteiger partial charge in [-0.3, -0.25) is 9.59 Å². The van der Waals surface area contributed by atoms with Gasteiger partial charge in [0.1, 0.15) is 0 Å². The van der Waals surface area contributed by atoms with Crippen molar-refractivity contribution < 1.29 is 14.3 Å². The first kappa shape index (κ1) is 18.2. The highest BCUT2D eigenvalue weighted by Crippen LogP contribution is 2.16. The second kappa shape index (κ2) is 8.64. The normalized spacial score (nSPS) is 11.6. The Labute approximate surface area is 150 Å². The van der Waals surface area contributed by atoms with E-state index in [-0.39, 0.29) is 25.0 Å². The molecule has 0 spiro atoms. The van der Waals surface area contributed by atoms with Crippen LogP contribution in [0.5, 0.6) is 0 Å². The van der Waals surface area contributed by atoms with Crippen LogP contribution in [0.15, 0.2) is 53.0 Å². The van der Waals surface area contributed by atoms with Crippen LogP contribution in [0.1, 0.15) is 29.7 Å². The number of rotatable bonds is 6. The quantitative estimate of drug-likeness (QED) is 0.765. The highest BCUT2D eigenvalue weighted by molar-refractivity contribution is 9.10. The molecular formula is C19H20BrNO3. The SMILES string of the molecule is Cc1ccccc1CC(=O)OCC(=O)N[C@H](C)c1ccc(Br)cc1. The Morgan fingerprint density at radius 1 is 1.12 bits per heavy atom. The molecule has 1 N–H and O–H groups in total. The maximum absolute atomic E-state index is 11.9. The lowest BCUT2D eigenvalue weighted by molar-refractivity contribution is -0.148. The molecule has 126 valence electrons. The van der Waals surface area contributed by atoms with Gasteiger partial charge in [-0.1, -0.05) is 52.3 Å². The number of benzene rings is 2. The minimum atomic E-state index is -0.407. The number of carbonyl (C=O) groups is 2. The monoisotopic (exact) mass is 389 g/mol. The Morgan fingerprint density at radius 2 is 1.79 bits per heavy atom. The molecule has 2 aromatic rings. The van der Waals surface area contributed by atoms with Gasteiger partial charge in [-0.05, 0) is 42.7 Å². The number of hydrogen-bond donors (Lipinski definition) is 1. The summed E-state index contributed by atoms with van der Waals surface area (Å²) in [6, 6.07) is 15.2. The summed E-state index contributed by atoms with van der Waals surface area (Å²) in [4.78, 5) is 23.8. The number of amides is 1. The standard InChI is InChI=1S/C19H20BrNO3/c1-13-5-3-4-6-16(13)11-19(23)24-12-18(22)21-14(2)15-7-9-17(20)10-8-15/h3-10,14H,11-12H2,1-2H3,(H,21,22)/t14-/m1/s1. The lowest BCUT2D eigenvalue weighted by Gasteiger charge is -2.14. The lowest BCUT2D eigenvalue weighted by Crippen LogP contribution is -2.31. The number of aryl methyl sites for hydroxylation is 1. The third-order valence-corrected chi connectivity index (χ3v) is 4.24. The zero-order valence-electron chi connectivity index (χ0n) is 13.7. The van der Waals surface area contributed by atoms with Gasteiger partial charge in [0.25, 0.3) is 5.91 Å². The molecule has 24 heavy (non-hydrogen) atoms. The van der Waals surface area contributed by atoms with Crippen LogP contribution in [-0.4, -0.2) is 18.5 Å². The molecule has 2 aromatic carbocycles. The Bertz CT molecular complexity index is 713. The van der Waals surface area contributed by atoms with Crippen LogP contribution in [0.25, 0.3) is 0 Å². The van der Waals surface area contributed by atoms with Crippen molar-refractivity contribution in [3.8, 4) is 0 Å². The lowest BCUT2D eigenvalue weighted by atomic mass is 10.1. The van der Waals surface area contributed by atoms with E-state index in [1.807, 2.05) is 62.4 Å². The second-order valence-corrected chi connectivity index (χ2v) is 6.52. The topological polar surface area (TPSA) is 55.4 Å². The van der Waals surface area contributed by atoms with E-state index in [0.29, 0.717) is 0 Å². The van der Waals surface area contributed by atoms with Gasteiger partial charge in [0, 0.05) is 4.47 Å². The smallest absolute Gasteiger partial charge is 0.310 e. The largest absolute Gasteiger partial charge is 0.455 e. The van der Waals surface area contributed by atoms with E-state index in [9.17, 15) is 9.59 Å². The van der Waals surface area contributed by atoms with Gasteiger partial charge in [-0.25, -0.2) is 0 Å². The van der Waals surface area contributed by atoms with Crippen molar-refractivity contribution >= 4 is 27.8 Å². The van der Waals surface area contributed by atoms with Gasteiger partial charge in [0.2, 0.25) is 0 Å². The van der Waals surface area contributed by atoms with Crippen LogP contribution in [0.3, 0.4) is 0 Å². The van der Waals surface area contributed by atoms with Gasteiger partial charge < -0.3 is 10.1 Å². The molecule has 0 aliphatic heterocycles. The molecule has 0 radical (unpaired) electrons. The van der Waals surface area contributed by atoms with Crippen LogP contribution in [0.2, 0.25) is 0 Å². The zero-order chi connectivity index (χ0) is 17.5. The van der Waals surface area contributed by atoms with E-state index in [1.165, 1.54) is 0 Å². The summed E-state index contributed by atoms with van der Waals surface area (Å²) >= 11 is 3.37. The van der Waals surface area contributed by atoms with Crippen molar-refractivity contribution in [2.24, 2.45) is 0 Å². The third kappa shape index (κ3) is 5.49. The van der Waals surface area contributed by atoms with Crippen LogP contribution >= 0.6 is 15.9 Å². The molecule has 1 amide bonds. The molecular weight excluding hydrogens is 370 g/mol. The van der Waals surface area contributed by atoms with Crippen LogP contribution < -0.4 is 5.32 Å².